The van der Waals surface area contributed by atoms with Gasteiger partial charge in [0, 0.05) is 31.6 Å². The van der Waals surface area contributed by atoms with Crippen LogP contribution in [0.15, 0.2) is 28.8 Å². The number of ether oxygens (including phenoxy) is 1. The van der Waals surface area contributed by atoms with Gasteiger partial charge in [-0.25, -0.2) is 0 Å². The number of carbonyl (C=O) groups is 2. The van der Waals surface area contributed by atoms with Gasteiger partial charge in [0.2, 0.25) is 5.91 Å². The van der Waals surface area contributed by atoms with E-state index >= 15 is 0 Å². The molecule has 1 aromatic carbocycles. The molecule has 0 spiro atoms. The minimum absolute atomic E-state index is 0.0214. The fourth-order valence-corrected chi connectivity index (χ4v) is 2.74. The maximum Gasteiger partial charge on any atom is 0.254 e. The van der Waals surface area contributed by atoms with Crippen LogP contribution >= 0.6 is 0 Å². The van der Waals surface area contributed by atoms with Crippen molar-refractivity contribution in [3.05, 3.63) is 46.8 Å². The van der Waals surface area contributed by atoms with Crippen LogP contribution < -0.4 is 10.1 Å². The lowest BCUT2D eigenvalue weighted by atomic mass is 10.1. The molecule has 25 heavy (non-hydrogen) atoms. The summed E-state index contributed by atoms with van der Waals surface area (Å²) in [5, 5.41) is 6.67. The first-order valence-electron chi connectivity index (χ1n) is 8.25. The normalized spacial score (nSPS) is 14.8. The number of aryl methyl sites for hydroxylation is 2. The molecule has 1 aromatic heterocycles. The van der Waals surface area contributed by atoms with Crippen molar-refractivity contribution in [1.29, 1.82) is 0 Å². The van der Waals surface area contributed by atoms with Crippen molar-refractivity contribution >= 4 is 11.8 Å². The Morgan fingerprint density at radius 1 is 1.36 bits per heavy atom. The number of aromatic nitrogens is 1. The molecule has 1 N–H and O–H groups in total. The zero-order valence-corrected chi connectivity index (χ0v) is 14.4. The molecule has 2 aromatic rings. The zero-order chi connectivity index (χ0) is 17.8. The Morgan fingerprint density at radius 3 is 2.96 bits per heavy atom. The van der Waals surface area contributed by atoms with E-state index in [-0.39, 0.29) is 11.8 Å². The zero-order valence-electron chi connectivity index (χ0n) is 14.4. The minimum Gasteiger partial charge on any atom is -0.489 e. The second-order valence-electron chi connectivity index (χ2n) is 6.01. The maximum absolute atomic E-state index is 12.7. The van der Waals surface area contributed by atoms with Crippen LogP contribution in [0.4, 0.5) is 0 Å². The van der Waals surface area contributed by atoms with Crippen LogP contribution in [0.25, 0.3) is 0 Å². The Labute approximate surface area is 145 Å². The maximum atomic E-state index is 12.7. The quantitative estimate of drug-likeness (QED) is 0.915. The highest BCUT2D eigenvalue weighted by Crippen LogP contribution is 2.19. The van der Waals surface area contributed by atoms with Crippen LogP contribution in [0.5, 0.6) is 5.75 Å². The molecule has 0 atom stereocenters. The molecule has 0 saturated carbocycles. The molecule has 0 bridgehead atoms. The van der Waals surface area contributed by atoms with E-state index in [2.05, 4.69) is 10.5 Å². The van der Waals surface area contributed by atoms with Crippen molar-refractivity contribution in [3.63, 3.8) is 0 Å². The molecule has 1 fully saturated rings. The van der Waals surface area contributed by atoms with Crippen LogP contribution in [-0.2, 0) is 11.4 Å². The van der Waals surface area contributed by atoms with Gasteiger partial charge in [0.05, 0.1) is 11.3 Å². The number of carbonyl (C=O) groups excluding carboxylic acids is 2. The van der Waals surface area contributed by atoms with Crippen molar-refractivity contribution in [2.45, 2.75) is 26.9 Å². The highest BCUT2D eigenvalue weighted by Gasteiger charge is 2.20. The summed E-state index contributed by atoms with van der Waals surface area (Å²) in [5.41, 5.74) is 2.26. The number of nitrogens with zero attached hydrogens (tertiary/aromatic N) is 2. The summed E-state index contributed by atoms with van der Waals surface area (Å²) in [4.78, 5) is 25.8. The predicted molar refractivity (Wildman–Crippen MR) is 90.3 cm³/mol. The van der Waals surface area contributed by atoms with Gasteiger partial charge in [-0.3, -0.25) is 9.59 Å². The number of hydrogen-bond acceptors (Lipinski definition) is 5. The first-order chi connectivity index (χ1) is 12.0. The molecule has 1 saturated heterocycles. The molecule has 7 heteroatoms. The third-order valence-electron chi connectivity index (χ3n) is 4.25. The summed E-state index contributed by atoms with van der Waals surface area (Å²) >= 11 is 0. The van der Waals surface area contributed by atoms with Crippen molar-refractivity contribution in [2.75, 3.05) is 19.6 Å². The summed E-state index contributed by atoms with van der Waals surface area (Å²) in [6, 6.07) is 7.07. The molecule has 7 nitrogen and oxygen atoms in total. The van der Waals surface area contributed by atoms with Crippen molar-refractivity contribution in [1.82, 2.24) is 15.4 Å². The van der Waals surface area contributed by atoms with Gasteiger partial charge in [0.15, 0.2) is 0 Å². The Morgan fingerprint density at radius 2 is 2.20 bits per heavy atom. The summed E-state index contributed by atoms with van der Waals surface area (Å²) < 4.78 is 10.9. The topological polar surface area (TPSA) is 84.7 Å². The average molecular weight is 343 g/mol. The fraction of sp³-hybridized carbons (Fsp3) is 0.389. The third-order valence-corrected chi connectivity index (χ3v) is 4.25. The molecular weight excluding hydrogens is 322 g/mol. The number of nitrogens with one attached hydrogen (secondary N) is 1. The molecule has 1 aliphatic rings. The standard InChI is InChI=1S/C18H21N3O4/c1-12-16(13(2)25-20-12)11-24-15-5-3-4-14(10-15)18(23)21-8-6-17(22)19-7-9-21/h3-5,10H,6-9,11H2,1-2H3,(H,19,22). The number of amides is 2. The van der Waals surface area contributed by atoms with E-state index in [0.29, 0.717) is 44.0 Å². The molecule has 1 aliphatic heterocycles. The molecule has 132 valence electrons. The van der Waals surface area contributed by atoms with Gasteiger partial charge in [-0.15, -0.1) is 0 Å². The minimum atomic E-state index is -0.0979. The Hall–Kier alpha value is -2.83. The van der Waals surface area contributed by atoms with E-state index < -0.39 is 0 Å². The molecular formula is C18H21N3O4. The van der Waals surface area contributed by atoms with E-state index in [0.717, 1.165) is 17.0 Å². The summed E-state index contributed by atoms with van der Waals surface area (Å²) in [7, 11) is 0. The van der Waals surface area contributed by atoms with Gasteiger partial charge in [-0.05, 0) is 32.0 Å². The second kappa shape index (κ2) is 7.38. The van der Waals surface area contributed by atoms with E-state index in [1.807, 2.05) is 19.9 Å². The van der Waals surface area contributed by atoms with Crippen LogP contribution in [0.3, 0.4) is 0 Å². The third kappa shape index (κ3) is 3.99. The summed E-state index contributed by atoms with van der Waals surface area (Å²) in [6.45, 7) is 5.45. The molecule has 2 heterocycles. The lowest BCUT2D eigenvalue weighted by Gasteiger charge is -2.19. The van der Waals surface area contributed by atoms with Gasteiger partial charge in [-0.1, -0.05) is 11.2 Å². The Kier molecular flexibility index (Phi) is 5.02. The van der Waals surface area contributed by atoms with Gasteiger partial charge in [0.1, 0.15) is 18.1 Å². The molecule has 0 aliphatic carbocycles. The Balaban J connectivity index is 1.68. The smallest absolute Gasteiger partial charge is 0.254 e. The molecule has 2 amide bonds. The number of hydrogen-bond donors (Lipinski definition) is 1. The largest absolute Gasteiger partial charge is 0.489 e. The highest BCUT2D eigenvalue weighted by molar-refractivity contribution is 5.95. The van der Waals surface area contributed by atoms with Gasteiger partial charge in [0.25, 0.3) is 5.91 Å². The predicted octanol–water partition coefficient (Wildman–Crippen LogP) is 1.83. The fourth-order valence-electron chi connectivity index (χ4n) is 2.74. The lowest BCUT2D eigenvalue weighted by molar-refractivity contribution is -0.120. The van der Waals surface area contributed by atoms with E-state index in [9.17, 15) is 9.59 Å². The van der Waals surface area contributed by atoms with E-state index in [4.69, 9.17) is 9.26 Å². The van der Waals surface area contributed by atoms with Crippen molar-refractivity contribution in [2.24, 2.45) is 0 Å². The van der Waals surface area contributed by atoms with Crippen molar-refractivity contribution < 1.29 is 18.8 Å². The first kappa shape index (κ1) is 17.0. The first-order valence-corrected chi connectivity index (χ1v) is 8.25. The SMILES string of the molecule is Cc1noc(C)c1COc1cccc(C(=O)N2CCNC(=O)CC2)c1. The summed E-state index contributed by atoms with van der Waals surface area (Å²) in [6.07, 6.45) is 0.327. The highest BCUT2D eigenvalue weighted by atomic mass is 16.5. The molecule has 0 unspecified atom stereocenters. The van der Waals surface area contributed by atoms with Crippen molar-refractivity contribution in [3.8, 4) is 5.75 Å². The monoisotopic (exact) mass is 343 g/mol. The van der Waals surface area contributed by atoms with Gasteiger partial charge >= 0.3 is 0 Å². The van der Waals surface area contributed by atoms with Crippen LogP contribution in [0, 0.1) is 13.8 Å². The van der Waals surface area contributed by atoms with E-state index in [1.165, 1.54) is 0 Å². The second-order valence-corrected chi connectivity index (χ2v) is 6.01. The van der Waals surface area contributed by atoms with Gasteiger partial charge < -0.3 is 19.5 Å². The Bertz CT molecular complexity index is 765. The van der Waals surface area contributed by atoms with E-state index in [1.54, 1.807) is 23.1 Å². The lowest BCUT2D eigenvalue weighted by Crippen LogP contribution is -2.34. The van der Waals surface area contributed by atoms with Crippen LogP contribution in [0.1, 0.15) is 33.8 Å². The van der Waals surface area contributed by atoms with Crippen LogP contribution in [-0.4, -0.2) is 41.5 Å². The summed E-state index contributed by atoms with van der Waals surface area (Å²) in [5.74, 6) is 1.22. The number of rotatable bonds is 4. The average Bonchev–Trinajstić information content (AvgIpc) is 2.80. The van der Waals surface area contributed by atoms with Gasteiger partial charge in [-0.2, -0.15) is 0 Å². The molecule has 0 radical (unpaired) electrons. The number of benzene rings is 1. The molecule has 3 rings (SSSR count). The van der Waals surface area contributed by atoms with Crippen LogP contribution in [0.2, 0.25) is 0 Å².